The van der Waals surface area contributed by atoms with E-state index in [4.69, 9.17) is 5.73 Å². The maximum Gasteiger partial charge on any atom is 0.149 e. The molecule has 1 aliphatic carbocycles. The molecule has 0 atom stereocenters. The molecule has 1 saturated heterocycles. The molecule has 0 bridgehead atoms. The van der Waals surface area contributed by atoms with Crippen LogP contribution < -0.4 is 11.2 Å². The number of piperidine rings is 1. The van der Waals surface area contributed by atoms with E-state index in [0.29, 0.717) is 11.7 Å². The number of hydrogen-bond acceptors (Lipinski definition) is 5. The smallest absolute Gasteiger partial charge is 0.149 e. The first-order valence-corrected chi connectivity index (χ1v) is 6.89. The quantitative estimate of drug-likeness (QED) is 0.855. The Labute approximate surface area is 108 Å². The SMILES string of the molecule is Cc1c(N)nc(C2CC2)nc1NN1CCCCC1. The van der Waals surface area contributed by atoms with Crippen LogP contribution >= 0.6 is 0 Å². The van der Waals surface area contributed by atoms with Crippen LogP contribution in [0.25, 0.3) is 0 Å². The Morgan fingerprint density at radius 3 is 2.56 bits per heavy atom. The molecule has 2 aliphatic rings. The summed E-state index contributed by atoms with van der Waals surface area (Å²) in [6, 6.07) is 0. The van der Waals surface area contributed by atoms with Gasteiger partial charge >= 0.3 is 0 Å². The lowest BCUT2D eigenvalue weighted by Gasteiger charge is -2.28. The average Bonchev–Trinajstić information content (AvgIpc) is 3.20. The monoisotopic (exact) mass is 247 g/mol. The van der Waals surface area contributed by atoms with E-state index in [1.54, 1.807) is 0 Å². The number of aromatic nitrogens is 2. The number of nitrogen functional groups attached to an aromatic ring is 1. The van der Waals surface area contributed by atoms with Crippen molar-refractivity contribution in [3.8, 4) is 0 Å². The summed E-state index contributed by atoms with van der Waals surface area (Å²) in [6.45, 7) is 4.16. The second-order valence-electron chi connectivity index (χ2n) is 5.37. The Morgan fingerprint density at radius 2 is 1.89 bits per heavy atom. The second-order valence-corrected chi connectivity index (χ2v) is 5.37. The standard InChI is InChI=1S/C13H21N5/c1-9-11(14)15-13(10-5-6-10)16-12(9)17-18-7-3-2-4-8-18/h10H,2-8H2,1H3,(H3,14,15,16,17). The van der Waals surface area contributed by atoms with Gasteiger partial charge in [-0.3, -0.25) is 0 Å². The van der Waals surface area contributed by atoms with Crippen LogP contribution in [0.15, 0.2) is 0 Å². The van der Waals surface area contributed by atoms with Gasteiger partial charge in [-0.1, -0.05) is 6.42 Å². The minimum absolute atomic E-state index is 0.537. The van der Waals surface area contributed by atoms with Crippen LogP contribution in [-0.4, -0.2) is 28.1 Å². The number of hydrazine groups is 1. The molecule has 2 fully saturated rings. The van der Waals surface area contributed by atoms with Crippen molar-refractivity contribution in [2.75, 3.05) is 24.2 Å². The Bertz CT molecular complexity index is 435. The highest BCUT2D eigenvalue weighted by atomic mass is 15.5. The molecule has 5 nitrogen and oxygen atoms in total. The van der Waals surface area contributed by atoms with E-state index in [1.807, 2.05) is 6.92 Å². The third kappa shape index (κ3) is 2.41. The Balaban J connectivity index is 1.80. The van der Waals surface area contributed by atoms with Gasteiger partial charge in [0.1, 0.15) is 17.5 Å². The van der Waals surface area contributed by atoms with Gasteiger partial charge in [-0.15, -0.1) is 0 Å². The molecule has 3 N–H and O–H groups in total. The fraction of sp³-hybridized carbons (Fsp3) is 0.692. The zero-order valence-electron chi connectivity index (χ0n) is 10.9. The summed E-state index contributed by atoms with van der Waals surface area (Å²) in [5.41, 5.74) is 10.4. The molecule has 0 spiro atoms. The van der Waals surface area contributed by atoms with Crippen molar-refractivity contribution >= 4 is 11.6 Å². The highest BCUT2D eigenvalue weighted by molar-refractivity contribution is 5.54. The van der Waals surface area contributed by atoms with Gasteiger partial charge in [0, 0.05) is 24.6 Å². The van der Waals surface area contributed by atoms with E-state index in [9.17, 15) is 0 Å². The minimum Gasteiger partial charge on any atom is -0.383 e. The first-order valence-electron chi connectivity index (χ1n) is 6.89. The average molecular weight is 247 g/mol. The van der Waals surface area contributed by atoms with Crippen molar-refractivity contribution in [2.45, 2.75) is 44.9 Å². The van der Waals surface area contributed by atoms with E-state index < -0.39 is 0 Å². The van der Waals surface area contributed by atoms with Gasteiger partial charge in [-0.05, 0) is 32.6 Å². The number of nitrogens with one attached hydrogen (secondary N) is 1. The lowest BCUT2D eigenvalue weighted by atomic mass is 10.2. The first kappa shape index (κ1) is 11.7. The molecule has 0 radical (unpaired) electrons. The summed E-state index contributed by atoms with van der Waals surface area (Å²) in [5.74, 6) is 2.96. The van der Waals surface area contributed by atoms with Crippen molar-refractivity contribution in [3.05, 3.63) is 11.4 Å². The summed E-state index contributed by atoms with van der Waals surface area (Å²) in [6.07, 6.45) is 6.23. The van der Waals surface area contributed by atoms with Crippen LogP contribution in [0.5, 0.6) is 0 Å². The highest BCUT2D eigenvalue weighted by Crippen LogP contribution is 2.39. The zero-order chi connectivity index (χ0) is 12.5. The zero-order valence-corrected chi connectivity index (χ0v) is 10.9. The summed E-state index contributed by atoms with van der Waals surface area (Å²) in [4.78, 5) is 9.04. The Hall–Kier alpha value is -1.36. The van der Waals surface area contributed by atoms with Crippen molar-refractivity contribution < 1.29 is 0 Å². The van der Waals surface area contributed by atoms with Crippen LogP contribution in [0.3, 0.4) is 0 Å². The van der Waals surface area contributed by atoms with E-state index in [0.717, 1.165) is 30.3 Å². The minimum atomic E-state index is 0.537. The molecule has 0 unspecified atom stereocenters. The maximum absolute atomic E-state index is 5.98. The van der Waals surface area contributed by atoms with Gasteiger partial charge in [-0.2, -0.15) is 0 Å². The van der Waals surface area contributed by atoms with E-state index >= 15 is 0 Å². The third-order valence-corrected chi connectivity index (χ3v) is 3.76. The Kier molecular flexibility index (Phi) is 3.07. The lowest BCUT2D eigenvalue weighted by molar-refractivity contribution is 0.272. The van der Waals surface area contributed by atoms with Gasteiger partial charge in [0.2, 0.25) is 0 Å². The molecule has 0 amide bonds. The van der Waals surface area contributed by atoms with E-state index in [1.165, 1.54) is 32.1 Å². The van der Waals surface area contributed by atoms with Crippen LogP contribution in [0.2, 0.25) is 0 Å². The number of hydrogen-bond donors (Lipinski definition) is 2. The fourth-order valence-corrected chi connectivity index (χ4v) is 2.34. The molecular formula is C13H21N5. The van der Waals surface area contributed by atoms with Crippen molar-refractivity contribution in [1.82, 2.24) is 15.0 Å². The number of anilines is 2. The second kappa shape index (κ2) is 4.72. The van der Waals surface area contributed by atoms with Crippen molar-refractivity contribution in [2.24, 2.45) is 0 Å². The summed E-state index contributed by atoms with van der Waals surface area (Å²) >= 11 is 0. The normalized spacial score (nSPS) is 20.9. The van der Waals surface area contributed by atoms with Crippen molar-refractivity contribution in [1.29, 1.82) is 0 Å². The highest BCUT2D eigenvalue weighted by Gasteiger charge is 2.28. The molecule has 0 aromatic carbocycles. The summed E-state index contributed by atoms with van der Waals surface area (Å²) < 4.78 is 0. The van der Waals surface area contributed by atoms with Gasteiger partial charge in [0.15, 0.2) is 0 Å². The molecule has 98 valence electrons. The van der Waals surface area contributed by atoms with Gasteiger partial charge in [0.25, 0.3) is 0 Å². The van der Waals surface area contributed by atoms with Crippen LogP contribution in [0.1, 0.15) is 49.4 Å². The Morgan fingerprint density at radius 1 is 1.17 bits per heavy atom. The first-order chi connectivity index (χ1) is 8.74. The molecule has 1 saturated carbocycles. The molecule has 5 heteroatoms. The number of nitrogens with zero attached hydrogens (tertiary/aromatic N) is 3. The van der Waals surface area contributed by atoms with E-state index in [2.05, 4.69) is 20.4 Å². The van der Waals surface area contributed by atoms with Crippen LogP contribution in [-0.2, 0) is 0 Å². The molecule has 18 heavy (non-hydrogen) atoms. The van der Waals surface area contributed by atoms with Crippen molar-refractivity contribution in [3.63, 3.8) is 0 Å². The van der Waals surface area contributed by atoms with Crippen LogP contribution in [0.4, 0.5) is 11.6 Å². The number of rotatable bonds is 3. The summed E-state index contributed by atoms with van der Waals surface area (Å²) in [7, 11) is 0. The third-order valence-electron chi connectivity index (χ3n) is 3.76. The van der Waals surface area contributed by atoms with Crippen LogP contribution in [0, 0.1) is 6.92 Å². The largest absolute Gasteiger partial charge is 0.383 e. The van der Waals surface area contributed by atoms with Gasteiger partial charge in [0.05, 0.1) is 0 Å². The topological polar surface area (TPSA) is 67.1 Å². The maximum atomic E-state index is 5.98. The molecule has 3 rings (SSSR count). The van der Waals surface area contributed by atoms with Gasteiger partial charge < -0.3 is 11.2 Å². The molecule has 1 aliphatic heterocycles. The molecule has 2 heterocycles. The summed E-state index contributed by atoms with van der Waals surface area (Å²) in [5, 5.41) is 2.24. The molecule has 1 aromatic rings. The predicted octanol–water partition coefficient (Wildman–Crippen LogP) is 2.06. The lowest BCUT2D eigenvalue weighted by Crippen LogP contribution is -2.35. The number of nitrogens with two attached hydrogens (primary N) is 1. The van der Waals surface area contributed by atoms with E-state index in [-0.39, 0.29) is 0 Å². The molecule has 1 aromatic heterocycles. The van der Waals surface area contributed by atoms with Gasteiger partial charge in [-0.25, -0.2) is 15.0 Å². The molecular weight excluding hydrogens is 226 g/mol. The fourth-order valence-electron chi connectivity index (χ4n) is 2.34. The predicted molar refractivity (Wildman–Crippen MR) is 72.2 cm³/mol.